The third kappa shape index (κ3) is 6.53. The summed E-state index contributed by atoms with van der Waals surface area (Å²) in [5, 5.41) is 13.3. The van der Waals surface area contributed by atoms with E-state index in [-0.39, 0.29) is 17.6 Å². The normalized spacial score (nSPS) is 18.7. The first-order valence-electron chi connectivity index (χ1n) is 12.0. The van der Waals surface area contributed by atoms with E-state index < -0.39 is 55.7 Å². The Morgan fingerprint density at radius 3 is 2.38 bits per heavy atom. The van der Waals surface area contributed by atoms with E-state index in [1.165, 1.54) is 0 Å². The average Bonchev–Trinajstić information content (AvgIpc) is 2.99. The predicted octanol–water partition coefficient (Wildman–Crippen LogP) is 4.36. The van der Waals surface area contributed by atoms with Gasteiger partial charge in [0.2, 0.25) is 5.95 Å². The van der Waals surface area contributed by atoms with Crippen LogP contribution >= 0.6 is 0 Å². The zero-order chi connectivity index (χ0) is 28.4. The van der Waals surface area contributed by atoms with E-state index in [2.05, 4.69) is 10.6 Å². The topological polar surface area (TPSA) is 135 Å². The number of ether oxygens (including phenoxy) is 2. The molecule has 39 heavy (non-hydrogen) atoms. The third-order valence-electron chi connectivity index (χ3n) is 5.69. The number of nitrogens with zero attached hydrogens (tertiary/aromatic N) is 1. The maximum atomic E-state index is 14.8. The van der Waals surface area contributed by atoms with Gasteiger partial charge in [0.15, 0.2) is 15.6 Å². The number of nitrogens with one attached hydrogen (secondary N) is 2. The highest BCUT2D eigenvalue weighted by molar-refractivity contribution is 7.95. The summed E-state index contributed by atoms with van der Waals surface area (Å²) in [5.41, 5.74) is -0.941. The molecule has 2 N–H and O–H groups in total. The molecule has 1 atom stereocenters. The molecular weight excluding hydrogens is 525 g/mol. The van der Waals surface area contributed by atoms with Crippen molar-refractivity contribution in [3.63, 3.8) is 0 Å². The first kappa shape index (κ1) is 27.6. The van der Waals surface area contributed by atoms with E-state index >= 15 is 0 Å². The molecule has 0 aliphatic carbocycles. The quantitative estimate of drug-likeness (QED) is 0.524. The average molecular weight is 552 g/mol. The van der Waals surface area contributed by atoms with Gasteiger partial charge in [-0.3, -0.25) is 4.79 Å². The Balaban J connectivity index is 1.68. The van der Waals surface area contributed by atoms with E-state index in [0.29, 0.717) is 17.1 Å². The molecule has 0 radical (unpaired) electrons. The van der Waals surface area contributed by atoms with Crippen molar-refractivity contribution in [1.29, 1.82) is 5.26 Å². The number of amides is 1. The molecule has 2 aliphatic heterocycles. The van der Waals surface area contributed by atoms with Crippen molar-refractivity contribution in [3.8, 4) is 17.6 Å². The molecule has 4 rings (SSSR count). The van der Waals surface area contributed by atoms with Crippen LogP contribution in [0.2, 0.25) is 0 Å². The summed E-state index contributed by atoms with van der Waals surface area (Å²) < 4.78 is 52.1. The molecule has 2 aliphatic rings. The number of hydrogen-bond acceptors (Lipinski definition) is 8. The summed E-state index contributed by atoms with van der Waals surface area (Å²) >= 11 is 0. The Morgan fingerprint density at radius 2 is 1.77 bits per heavy atom. The van der Waals surface area contributed by atoms with Crippen LogP contribution in [0.5, 0.6) is 11.5 Å². The van der Waals surface area contributed by atoms with Gasteiger partial charge >= 0.3 is 6.09 Å². The van der Waals surface area contributed by atoms with E-state index in [0.717, 1.165) is 6.08 Å². The predicted molar refractivity (Wildman–Crippen MR) is 141 cm³/mol. The highest BCUT2D eigenvalue weighted by Gasteiger charge is 2.43. The Bertz CT molecular complexity index is 1550. The number of benzene rings is 2. The molecule has 9 nitrogen and oxygen atoms in total. The number of halogens is 1. The number of rotatable bonds is 5. The van der Waals surface area contributed by atoms with Crippen molar-refractivity contribution in [2.24, 2.45) is 0 Å². The number of sulfone groups is 1. The Kier molecular flexibility index (Phi) is 7.60. The van der Waals surface area contributed by atoms with Gasteiger partial charge in [-0.15, -0.1) is 0 Å². The van der Waals surface area contributed by atoms with E-state index in [9.17, 15) is 27.7 Å². The molecule has 0 saturated heterocycles. The minimum atomic E-state index is -4.28. The van der Waals surface area contributed by atoms with Crippen LogP contribution in [0.15, 0.2) is 88.4 Å². The molecule has 0 spiro atoms. The number of carbonyl (C=O) groups excluding carboxylic acids is 2. The van der Waals surface area contributed by atoms with Gasteiger partial charge in [0, 0.05) is 0 Å². The number of Topliss-reactive ketones (excluding diaryl/α,β-unsaturated/α-hetero) is 1. The van der Waals surface area contributed by atoms with Crippen LogP contribution in [0.4, 0.5) is 9.18 Å². The number of ketones is 1. The lowest BCUT2D eigenvalue weighted by Crippen LogP contribution is -2.51. The minimum Gasteiger partial charge on any atom is -0.457 e. The summed E-state index contributed by atoms with van der Waals surface area (Å²) in [5.74, 6) is -1.56. The maximum Gasteiger partial charge on any atom is 0.408 e. The molecule has 2 aromatic rings. The first-order valence-corrected chi connectivity index (χ1v) is 13.6. The molecule has 0 aromatic heterocycles. The molecule has 202 valence electrons. The Morgan fingerprint density at radius 1 is 1.13 bits per heavy atom. The summed E-state index contributed by atoms with van der Waals surface area (Å²) in [6.45, 7) is 4.87. The van der Waals surface area contributed by atoms with Crippen LogP contribution in [-0.4, -0.2) is 37.7 Å². The Hall–Kier alpha value is -4.43. The van der Waals surface area contributed by atoms with E-state index in [1.807, 2.05) is 18.2 Å². The van der Waals surface area contributed by atoms with Crippen LogP contribution < -0.4 is 15.4 Å². The van der Waals surface area contributed by atoms with Crippen molar-refractivity contribution in [3.05, 3.63) is 93.9 Å². The largest absolute Gasteiger partial charge is 0.457 e. The SMILES string of the molecule is CC(C)(C)OC(=O)N[C@H]1CS(=O)(=O)C2=C(C1=O)C(Cc1ccc(Oc3ccccc3)cc1)=CC(C#N)=C(F)N2. The van der Waals surface area contributed by atoms with Crippen molar-refractivity contribution in [1.82, 2.24) is 10.6 Å². The molecule has 0 bridgehead atoms. The molecule has 0 unspecified atom stereocenters. The highest BCUT2D eigenvalue weighted by atomic mass is 32.2. The zero-order valence-corrected chi connectivity index (χ0v) is 22.3. The summed E-state index contributed by atoms with van der Waals surface area (Å²) in [6.07, 6.45) is 0.163. The number of hydrogen-bond donors (Lipinski definition) is 2. The van der Waals surface area contributed by atoms with Crippen molar-refractivity contribution in [2.45, 2.75) is 38.8 Å². The smallest absolute Gasteiger partial charge is 0.408 e. The maximum absolute atomic E-state index is 14.8. The van der Waals surface area contributed by atoms with Crippen molar-refractivity contribution in [2.75, 3.05) is 5.75 Å². The van der Waals surface area contributed by atoms with Crippen LogP contribution in [0.1, 0.15) is 26.3 Å². The van der Waals surface area contributed by atoms with Gasteiger partial charge in [-0.25, -0.2) is 13.2 Å². The second kappa shape index (κ2) is 10.7. The summed E-state index contributed by atoms with van der Waals surface area (Å²) in [4.78, 5) is 25.9. The standard InChI is InChI=1S/C28H26FN3O6S/c1-28(2,3)38-27(34)31-22-16-39(35,36)26-23(24(22)33)18(14-19(15-30)25(29)32-26)13-17-9-11-21(12-10-17)37-20-7-5-4-6-8-20/h4-12,14,22,32H,13,16H2,1-3H3,(H,31,34)/t22-/m0/s1. The van der Waals surface area contributed by atoms with E-state index in [1.54, 1.807) is 63.2 Å². The lowest BCUT2D eigenvalue weighted by Gasteiger charge is -2.28. The molecule has 0 fully saturated rings. The van der Waals surface area contributed by atoms with Gasteiger partial charge in [-0.05, 0) is 68.7 Å². The number of carbonyl (C=O) groups is 2. The van der Waals surface area contributed by atoms with Crippen LogP contribution in [0.25, 0.3) is 0 Å². The van der Waals surface area contributed by atoms with Crippen LogP contribution in [-0.2, 0) is 25.8 Å². The fourth-order valence-corrected chi connectivity index (χ4v) is 5.67. The van der Waals surface area contributed by atoms with Crippen molar-refractivity contribution >= 4 is 21.7 Å². The highest BCUT2D eigenvalue weighted by Crippen LogP contribution is 2.33. The van der Waals surface area contributed by atoms with Gasteiger partial charge in [-0.1, -0.05) is 30.3 Å². The van der Waals surface area contributed by atoms with Crippen LogP contribution in [0.3, 0.4) is 0 Å². The van der Waals surface area contributed by atoms with Gasteiger partial charge < -0.3 is 20.1 Å². The molecule has 2 heterocycles. The zero-order valence-electron chi connectivity index (χ0n) is 21.4. The lowest BCUT2D eigenvalue weighted by atomic mass is 9.92. The van der Waals surface area contributed by atoms with Gasteiger partial charge in [0.25, 0.3) is 0 Å². The molecular formula is C28H26FN3O6S. The second-order valence-electron chi connectivity index (χ2n) is 9.92. The summed E-state index contributed by atoms with van der Waals surface area (Å²) in [6, 6.07) is 16.2. The number of allylic oxidation sites excluding steroid dienone is 3. The third-order valence-corrected chi connectivity index (χ3v) is 7.40. The molecule has 2 aromatic carbocycles. The number of para-hydroxylation sites is 1. The number of nitriles is 1. The fourth-order valence-electron chi connectivity index (χ4n) is 4.04. The van der Waals surface area contributed by atoms with Crippen LogP contribution in [0, 0.1) is 11.3 Å². The fraction of sp³-hybridized carbons (Fsp3) is 0.250. The van der Waals surface area contributed by atoms with Gasteiger partial charge in [0.05, 0.1) is 11.3 Å². The Labute approximate surface area is 225 Å². The van der Waals surface area contributed by atoms with Crippen molar-refractivity contribution < 1.29 is 31.9 Å². The number of alkyl carbamates (subject to hydrolysis) is 1. The van der Waals surface area contributed by atoms with Gasteiger partial charge in [-0.2, -0.15) is 9.65 Å². The molecule has 1 amide bonds. The first-order chi connectivity index (χ1) is 18.4. The minimum absolute atomic E-state index is 0.00892. The second-order valence-corrected chi connectivity index (χ2v) is 11.9. The van der Waals surface area contributed by atoms with E-state index in [4.69, 9.17) is 9.47 Å². The lowest BCUT2D eigenvalue weighted by molar-refractivity contribution is -0.117. The molecule has 0 saturated carbocycles. The monoisotopic (exact) mass is 551 g/mol. The van der Waals surface area contributed by atoms with Gasteiger partial charge in [0.1, 0.15) is 39.8 Å². The summed E-state index contributed by atoms with van der Waals surface area (Å²) in [7, 11) is -4.28. The molecule has 11 heteroatoms.